The zero-order valence-electron chi connectivity index (χ0n) is 16.8. The lowest BCUT2D eigenvalue weighted by Crippen LogP contribution is -2.37. The molecule has 2 aliphatic rings. The van der Waals surface area contributed by atoms with Crippen molar-refractivity contribution in [3.05, 3.63) is 76.0 Å². The summed E-state index contributed by atoms with van der Waals surface area (Å²) in [6.45, 7) is 7.96. The monoisotopic (exact) mass is 374 g/mol. The Labute approximate surface area is 166 Å². The van der Waals surface area contributed by atoms with E-state index in [1.807, 2.05) is 38.1 Å². The normalized spacial score (nSPS) is 16.8. The number of nitrogens with zero attached hydrogens (tertiary/aromatic N) is 2. The number of fused-ring (bicyclic) bond motifs is 1. The van der Waals surface area contributed by atoms with Gasteiger partial charge in [0.1, 0.15) is 5.70 Å². The first-order chi connectivity index (χ1) is 13.5. The molecule has 0 N–H and O–H groups in total. The molecule has 2 aromatic rings. The van der Waals surface area contributed by atoms with Gasteiger partial charge < -0.3 is 4.90 Å². The maximum Gasteiger partial charge on any atom is 0.277 e. The van der Waals surface area contributed by atoms with E-state index < -0.39 is 0 Å². The van der Waals surface area contributed by atoms with Crippen molar-refractivity contribution in [3.63, 3.8) is 0 Å². The van der Waals surface area contributed by atoms with Crippen LogP contribution in [0, 0.1) is 13.8 Å². The number of imide groups is 1. The first-order valence-corrected chi connectivity index (χ1v) is 10.0. The van der Waals surface area contributed by atoms with E-state index in [0.717, 1.165) is 30.5 Å². The van der Waals surface area contributed by atoms with Crippen LogP contribution in [0.1, 0.15) is 41.2 Å². The van der Waals surface area contributed by atoms with E-state index in [-0.39, 0.29) is 11.8 Å². The third kappa shape index (κ3) is 3.03. The smallest absolute Gasteiger partial charge is 0.277 e. The summed E-state index contributed by atoms with van der Waals surface area (Å²) in [6, 6.07) is 14.4. The number of carbonyl (C=O) groups is 2. The van der Waals surface area contributed by atoms with Gasteiger partial charge in [0.15, 0.2) is 0 Å². The molecule has 2 aromatic carbocycles. The van der Waals surface area contributed by atoms with E-state index >= 15 is 0 Å². The Balaban J connectivity index is 1.81. The molecule has 144 valence electrons. The molecule has 2 heterocycles. The Morgan fingerprint density at radius 1 is 0.929 bits per heavy atom. The summed E-state index contributed by atoms with van der Waals surface area (Å²) in [4.78, 5) is 30.0. The zero-order valence-corrected chi connectivity index (χ0v) is 16.8. The maximum atomic E-state index is 13.3. The summed E-state index contributed by atoms with van der Waals surface area (Å²) in [5.74, 6) is -0.316. The van der Waals surface area contributed by atoms with Crippen LogP contribution in [-0.2, 0) is 22.6 Å². The molecule has 0 radical (unpaired) electrons. The second kappa shape index (κ2) is 7.27. The highest BCUT2D eigenvalue weighted by Crippen LogP contribution is 2.35. The second-order valence-corrected chi connectivity index (χ2v) is 7.72. The molecule has 2 aliphatic heterocycles. The molecule has 0 aromatic heterocycles. The third-order valence-electron chi connectivity index (χ3n) is 5.83. The fraction of sp³-hybridized carbons (Fsp3) is 0.333. The quantitative estimate of drug-likeness (QED) is 0.763. The van der Waals surface area contributed by atoms with Crippen molar-refractivity contribution in [2.45, 2.75) is 40.2 Å². The number of hydrogen-bond donors (Lipinski definition) is 0. The number of benzene rings is 2. The Morgan fingerprint density at radius 3 is 2.39 bits per heavy atom. The number of aryl methyl sites for hydroxylation is 2. The molecular weight excluding hydrogens is 348 g/mol. The molecule has 0 aliphatic carbocycles. The summed E-state index contributed by atoms with van der Waals surface area (Å²) in [6.07, 6.45) is 1.64. The highest BCUT2D eigenvalue weighted by Gasteiger charge is 2.41. The molecular formula is C24H26N2O2. The van der Waals surface area contributed by atoms with Gasteiger partial charge in [-0.1, -0.05) is 49.4 Å². The van der Waals surface area contributed by atoms with E-state index in [1.54, 1.807) is 0 Å². The van der Waals surface area contributed by atoms with Crippen molar-refractivity contribution >= 4 is 17.4 Å². The van der Waals surface area contributed by atoms with Gasteiger partial charge in [-0.05, 0) is 54.5 Å². The SMILES string of the molecule is CCCN1C(=O)C(c2ccc(C)c(C)c2)=C(N2CCc3ccccc3C2)C1=O. The van der Waals surface area contributed by atoms with Crippen LogP contribution in [0.15, 0.2) is 48.2 Å². The number of rotatable bonds is 4. The standard InChI is InChI=1S/C24H26N2O2/c1-4-12-26-23(27)21(19-10-9-16(2)17(3)14-19)22(24(26)28)25-13-11-18-7-5-6-8-20(18)15-25/h5-10,14H,4,11-13,15H2,1-3H3. The molecule has 28 heavy (non-hydrogen) atoms. The number of hydrogen-bond acceptors (Lipinski definition) is 3. The topological polar surface area (TPSA) is 40.6 Å². The fourth-order valence-electron chi connectivity index (χ4n) is 4.13. The zero-order chi connectivity index (χ0) is 19.8. The molecule has 0 fully saturated rings. The molecule has 0 saturated heterocycles. The van der Waals surface area contributed by atoms with Crippen molar-refractivity contribution in [2.75, 3.05) is 13.1 Å². The van der Waals surface area contributed by atoms with Gasteiger partial charge in [-0.2, -0.15) is 0 Å². The maximum absolute atomic E-state index is 13.3. The van der Waals surface area contributed by atoms with Crippen molar-refractivity contribution in [1.29, 1.82) is 0 Å². The van der Waals surface area contributed by atoms with Gasteiger partial charge in [-0.3, -0.25) is 14.5 Å². The van der Waals surface area contributed by atoms with Gasteiger partial charge in [-0.25, -0.2) is 0 Å². The number of carbonyl (C=O) groups excluding carboxylic acids is 2. The minimum absolute atomic E-state index is 0.153. The van der Waals surface area contributed by atoms with Gasteiger partial charge >= 0.3 is 0 Å². The highest BCUT2D eigenvalue weighted by atomic mass is 16.2. The Hall–Kier alpha value is -2.88. The van der Waals surface area contributed by atoms with Crippen LogP contribution in [0.5, 0.6) is 0 Å². The summed E-state index contributed by atoms with van der Waals surface area (Å²) < 4.78 is 0. The van der Waals surface area contributed by atoms with Crippen molar-refractivity contribution in [2.24, 2.45) is 0 Å². The van der Waals surface area contributed by atoms with Crippen LogP contribution in [-0.4, -0.2) is 34.7 Å². The average molecular weight is 374 g/mol. The second-order valence-electron chi connectivity index (χ2n) is 7.72. The van der Waals surface area contributed by atoms with E-state index in [0.29, 0.717) is 24.4 Å². The van der Waals surface area contributed by atoms with E-state index in [1.165, 1.54) is 21.6 Å². The van der Waals surface area contributed by atoms with Gasteiger partial charge in [-0.15, -0.1) is 0 Å². The lowest BCUT2D eigenvalue weighted by atomic mass is 9.96. The van der Waals surface area contributed by atoms with Crippen molar-refractivity contribution in [3.8, 4) is 0 Å². The van der Waals surface area contributed by atoms with Crippen LogP contribution in [0.4, 0.5) is 0 Å². The molecule has 4 heteroatoms. The van der Waals surface area contributed by atoms with Gasteiger partial charge in [0, 0.05) is 19.6 Å². The largest absolute Gasteiger partial charge is 0.362 e. The van der Waals surface area contributed by atoms with Gasteiger partial charge in [0.2, 0.25) is 0 Å². The molecule has 2 amide bonds. The van der Waals surface area contributed by atoms with Crippen LogP contribution in [0.25, 0.3) is 5.57 Å². The molecule has 0 bridgehead atoms. The first kappa shape index (κ1) is 18.5. The number of amides is 2. The molecule has 0 unspecified atom stereocenters. The van der Waals surface area contributed by atoms with Gasteiger partial charge in [0.25, 0.3) is 11.8 Å². The van der Waals surface area contributed by atoms with Crippen LogP contribution < -0.4 is 0 Å². The molecule has 0 atom stereocenters. The molecule has 4 nitrogen and oxygen atoms in total. The average Bonchev–Trinajstić information content (AvgIpc) is 2.95. The van der Waals surface area contributed by atoms with Gasteiger partial charge in [0.05, 0.1) is 5.57 Å². The van der Waals surface area contributed by atoms with Crippen LogP contribution in [0.3, 0.4) is 0 Å². The van der Waals surface area contributed by atoms with E-state index in [4.69, 9.17) is 0 Å². The van der Waals surface area contributed by atoms with E-state index in [9.17, 15) is 9.59 Å². The van der Waals surface area contributed by atoms with E-state index in [2.05, 4.69) is 30.0 Å². The molecule has 0 saturated carbocycles. The lowest BCUT2D eigenvalue weighted by molar-refractivity contribution is -0.137. The van der Waals surface area contributed by atoms with Crippen LogP contribution >= 0.6 is 0 Å². The summed E-state index contributed by atoms with van der Waals surface area (Å²) in [5.41, 5.74) is 6.83. The molecule has 0 spiro atoms. The summed E-state index contributed by atoms with van der Waals surface area (Å²) in [5, 5.41) is 0. The Kier molecular flexibility index (Phi) is 4.80. The van der Waals surface area contributed by atoms with Crippen LogP contribution in [0.2, 0.25) is 0 Å². The third-order valence-corrected chi connectivity index (χ3v) is 5.83. The Morgan fingerprint density at radius 2 is 1.68 bits per heavy atom. The molecule has 4 rings (SSSR count). The highest BCUT2D eigenvalue weighted by molar-refractivity contribution is 6.35. The summed E-state index contributed by atoms with van der Waals surface area (Å²) in [7, 11) is 0. The van der Waals surface area contributed by atoms with Crippen molar-refractivity contribution < 1.29 is 9.59 Å². The predicted molar refractivity (Wildman–Crippen MR) is 110 cm³/mol. The minimum Gasteiger partial charge on any atom is -0.362 e. The lowest BCUT2D eigenvalue weighted by Gasteiger charge is -2.31. The summed E-state index contributed by atoms with van der Waals surface area (Å²) >= 11 is 0. The predicted octanol–water partition coefficient (Wildman–Crippen LogP) is 3.85. The minimum atomic E-state index is -0.163. The first-order valence-electron chi connectivity index (χ1n) is 10.0. The Bertz CT molecular complexity index is 990. The van der Waals surface area contributed by atoms with Crippen molar-refractivity contribution in [1.82, 2.24) is 9.80 Å². The fourth-order valence-corrected chi connectivity index (χ4v) is 4.13.